The zero-order valence-corrected chi connectivity index (χ0v) is 14.7. The average Bonchev–Trinajstić information content (AvgIpc) is 3.28. The van der Waals surface area contributed by atoms with Crippen LogP contribution >= 0.6 is 11.6 Å². The molecule has 1 aliphatic rings. The summed E-state index contributed by atoms with van der Waals surface area (Å²) in [4.78, 5) is 14.8. The van der Waals surface area contributed by atoms with E-state index < -0.39 is 0 Å². The number of rotatable bonds is 6. The molecule has 5 heteroatoms. The first-order valence-electron chi connectivity index (χ1n) is 8.55. The number of likely N-dealkylation sites (tertiary alicyclic amines) is 1. The van der Waals surface area contributed by atoms with E-state index >= 15 is 0 Å². The van der Waals surface area contributed by atoms with Crippen LogP contribution in [0.2, 0.25) is 5.02 Å². The van der Waals surface area contributed by atoms with Crippen molar-refractivity contribution in [3.63, 3.8) is 0 Å². The molecule has 1 saturated heterocycles. The normalized spacial score (nSPS) is 16.2. The molecule has 128 valence electrons. The number of halogens is 1. The van der Waals surface area contributed by atoms with E-state index in [1.165, 1.54) is 12.8 Å². The van der Waals surface area contributed by atoms with Gasteiger partial charge in [-0.3, -0.25) is 9.69 Å². The van der Waals surface area contributed by atoms with E-state index in [0.717, 1.165) is 25.1 Å². The Morgan fingerprint density at radius 2 is 1.92 bits per heavy atom. The summed E-state index contributed by atoms with van der Waals surface area (Å²) in [7, 11) is 0. The fourth-order valence-corrected chi connectivity index (χ4v) is 3.29. The zero-order chi connectivity index (χ0) is 16.9. The van der Waals surface area contributed by atoms with E-state index in [9.17, 15) is 4.79 Å². The van der Waals surface area contributed by atoms with Gasteiger partial charge in [0.1, 0.15) is 5.76 Å². The summed E-state index contributed by atoms with van der Waals surface area (Å²) in [5.41, 5.74) is 0.905. The van der Waals surface area contributed by atoms with Crippen LogP contribution in [0.5, 0.6) is 0 Å². The van der Waals surface area contributed by atoms with E-state index in [1.54, 1.807) is 18.2 Å². The Kier molecular flexibility index (Phi) is 5.59. The second-order valence-corrected chi connectivity index (χ2v) is 6.62. The fourth-order valence-electron chi connectivity index (χ4n) is 3.17. The Morgan fingerprint density at radius 3 is 2.58 bits per heavy atom. The SMILES string of the molecule is CCC(CNC(=O)c1ccc(-c2ccc(Cl)cc2)o1)N1CCCC1. The Labute approximate surface area is 147 Å². The third-order valence-electron chi connectivity index (χ3n) is 4.59. The van der Waals surface area contributed by atoms with Crippen molar-refractivity contribution in [1.29, 1.82) is 0 Å². The monoisotopic (exact) mass is 346 g/mol. The van der Waals surface area contributed by atoms with Crippen molar-refractivity contribution in [3.8, 4) is 11.3 Å². The molecule has 1 fully saturated rings. The van der Waals surface area contributed by atoms with Gasteiger partial charge >= 0.3 is 0 Å². The highest BCUT2D eigenvalue weighted by Crippen LogP contribution is 2.24. The molecule has 4 nitrogen and oxygen atoms in total. The number of furan rings is 1. The maximum Gasteiger partial charge on any atom is 0.287 e. The Hall–Kier alpha value is -1.78. The molecule has 1 aromatic carbocycles. The van der Waals surface area contributed by atoms with Crippen LogP contribution in [0.1, 0.15) is 36.7 Å². The minimum atomic E-state index is -0.159. The highest BCUT2D eigenvalue weighted by Gasteiger charge is 2.21. The van der Waals surface area contributed by atoms with Crippen molar-refractivity contribution < 1.29 is 9.21 Å². The third-order valence-corrected chi connectivity index (χ3v) is 4.84. The van der Waals surface area contributed by atoms with Crippen molar-refractivity contribution >= 4 is 17.5 Å². The molecule has 1 N–H and O–H groups in total. The van der Waals surface area contributed by atoms with Gasteiger partial charge in [0.05, 0.1) is 0 Å². The molecular formula is C19H23ClN2O2. The van der Waals surface area contributed by atoms with Gasteiger partial charge in [0, 0.05) is 23.2 Å². The topological polar surface area (TPSA) is 45.5 Å². The molecule has 24 heavy (non-hydrogen) atoms. The summed E-state index contributed by atoms with van der Waals surface area (Å²) in [5.74, 6) is 0.854. The molecule has 1 unspecified atom stereocenters. The van der Waals surface area contributed by atoms with Gasteiger partial charge in [-0.25, -0.2) is 0 Å². The van der Waals surface area contributed by atoms with Crippen LogP contribution in [0.15, 0.2) is 40.8 Å². The van der Waals surface area contributed by atoms with Gasteiger partial charge in [0.25, 0.3) is 5.91 Å². The van der Waals surface area contributed by atoms with Crippen LogP contribution in [0.25, 0.3) is 11.3 Å². The van der Waals surface area contributed by atoms with E-state index in [1.807, 2.05) is 18.2 Å². The standard InChI is InChI=1S/C19H23ClN2O2/c1-2-16(22-11-3-4-12-22)13-21-19(23)18-10-9-17(24-18)14-5-7-15(20)8-6-14/h5-10,16H,2-4,11-13H2,1H3,(H,21,23). The molecule has 3 rings (SSSR count). The highest BCUT2D eigenvalue weighted by molar-refractivity contribution is 6.30. The minimum absolute atomic E-state index is 0.159. The lowest BCUT2D eigenvalue weighted by molar-refractivity contribution is 0.0910. The van der Waals surface area contributed by atoms with E-state index in [-0.39, 0.29) is 5.91 Å². The first-order valence-corrected chi connectivity index (χ1v) is 8.93. The fraction of sp³-hybridized carbons (Fsp3) is 0.421. The third kappa shape index (κ3) is 4.00. The van der Waals surface area contributed by atoms with Crippen molar-refractivity contribution in [2.75, 3.05) is 19.6 Å². The van der Waals surface area contributed by atoms with Crippen molar-refractivity contribution in [2.45, 2.75) is 32.2 Å². The summed E-state index contributed by atoms with van der Waals surface area (Å²) in [6.45, 7) is 5.10. The first-order chi connectivity index (χ1) is 11.7. The summed E-state index contributed by atoms with van der Waals surface area (Å²) in [6.07, 6.45) is 3.55. The number of nitrogens with one attached hydrogen (secondary N) is 1. The lowest BCUT2D eigenvalue weighted by Gasteiger charge is -2.26. The maximum absolute atomic E-state index is 12.3. The summed E-state index contributed by atoms with van der Waals surface area (Å²) in [6, 6.07) is 11.3. The predicted molar refractivity (Wildman–Crippen MR) is 96.4 cm³/mol. The number of carbonyl (C=O) groups excluding carboxylic acids is 1. The summed E-state index contributed by atoms with van der Waals surface area (Å²) >= 11 is 5.89. The van der Waals surface area contributed by atoms with Crippen molar-refractivity contribution in [3.05, 3.63) is 47.2 Å². The second kappa shape index (κ2) is 7.86. The van der Waals surface area contributed by atoms with E-state index in [0.29, 0.717) is 29.1 Å². The van der Waals surface area contributed by atoms with Gasteiger partial charge in [0.2, 0.25) is 0 Å². The number of hydrogen-bond donors (Lipinski definition) is 1. The molecule has 0 radical (unpaired) electrons. The molecule has 0 aliphatic carbocycles. The van der Waals surface area contributed by atoms with Crippen LogP contribution in [0.4, 0.5) is 0 Å². The van der Waals surface area contributed by atoms with Crippen molar-refractivity contribution in [2.24, 2.45) is 0 Å². The predicted octanol–water partition coefficient (Wildman–Crippen LogP) is 4.20. The molecule has 2 aromatic rings. The first kappa shape index (κ1) is 17.1. The highest BCUT2D eigenvalue weighted by atomic mass is 35.5. The molecule has 1 amide bonds. The van der Waals surface area contributed by atoms with E-state index in [4.69, 9.17) is 16.0 Å². The van der Waals surface area contributed by atoms with Gasteiger partial charge in [-0.1, -0.05) is 18.5 Å². The van der Waals surface area contributed by atoms with Gasteiger partial charge in [-0.2, -0.15) is 0 Å². The number of amides is 1. The summed E-state index contributed by atoms with van der Waals surface area (Å²) in [5, 5.41) is 3.68. The molecule has 0 spiro atoms. The largest absolute Gasteiger partial charge is 0.451 e. The van der Waals surface area contributed by atoms with Crippen LogP contribution in [-0.2, 0) is 0 Å². The number of nitrogens with zero attached hydrogens (tertiary/aromatic N) is 1. The van der Waals surface area contributed by atoms with Crippen LogP contribution in [0, 0.1) is 0 Å². The zero-order valence-electron chi connectivity index (χ0n) is 13.9. The van der Waals surface area contributed by atoms with Crippen LogP contribution < -0.4 is 5.32 Å². The van der Waals surface area contributed by atoms with Gasteiger partial charge < -0.3 is 9.73 Å². The molecule has 2 heterocycles. The Morgan fingerprint density at radius 1 is 1.21 bits per heavy atom. The van der Waals surface area contributed by atoms with Crippen LogP contribution in [0.3, 0.4) is 0 Å². The molecule has 1 aromatic heterocycles. The van der Waals surface area contributed by atoms with Gasteiger partial charge in [-0.05, 0) is 68.8 Å². The molecule has 0 bridgehead atoms. The molecular weight excluding hydrogens is 324 g/mol. The second-order valence-electron chi connectivity index (χ2n) is 6.19. The van der Waals surface area contributed by atoms with Crippen LogP contribution in [-0.4, -0.2) is 36.5 Å². The smallest absolute Gasteiger partial charge is 0.287 e. The van der Waals surface area contributed by atoms with Crippen molar-refractivity contribution in [1.82, 2.24) is 10.2 Å². The average molecular weight is 347 g/mol. The number of carbonyl (C=O) groups is 1. The Balaban J connectivity index is 1.60. The quantitative estimate of drug-likeness (QED) is 0.852. The van der Waals surface area contributed by atoms with Gasteiger partial charge in [-0.15, -0.1) is 0 Å². The molecule has 1 atom stereocenters. The maximum atomic E-state index is 12.3. The minimum Gasteiger partial charge on any atom is -0.451 e. The van der Waals surface area contributed by atoms with E-state index in [2.05, 4.69) is 17.1 Å². The molecule has 0 saturated carbocycles. The Bertz CT molecular complexity index is 675. The number of benzene rings is 1. The lowest BCUT2D eigenvalue weighted by atomic mass is 10.2. The van der Waals surface area contributed by atoms with Gasteiger partial charge in [0.15, 0.2) is 5.76 Å². The lowest BCUT2D eigenvalue weighted by Crippen LogP contribution is -2.42. The number of hydrogen-bond acceptors (Lipinski definition) is 3. The molecule has 1 aliphatic heterocycles. The summed E-state index contributed by atoms with van der Waals surface area (Å²) < 4.78 is 5.69.